The van der Waals surface area contributed by atoms with Crippen LogP contribution in [-0.2, 0) is 24.0 Å². The number of likely N-dealkylation sites (tertiary alicyclic amines) is 1. The zero-order valence-corrected chi connectivity index (χ0v) is 16.3. The van der Waals surface area contributed by atoms with Crippen LogP contribution in [0.1, 0.15) is 33.1 Å². The fourth-order valence-electron chi connectivity index (χ4n) is 3.01. The highest BCUT2D eigenvalue weighted by molar-refractivity contribution is 5.95. The van der Waals surface area contributed by atoms with Crippen molar-refractivity contribution in [1.82, 2.24) is 15.5 Å². The van der Waals surface area contributed by atoms with Crippen LogP contribution in [0.5, 0.6) is 0 Å². The first-order valence-corrected chi connectivity index (χ1v) is 9.21. The zero-order valence-electron chi connectivity index (χ0n) is 16.3. The van der Waals surface area contributed by atoms with Crippen LogP contribution in [-0.4, -0.2) is 87.2 Å². The summed E-state index contributed by atoms with van der Waals surface area (Å²) in [6, 6.07) is -4.94. The van der Waals surface area contributed by atoms with Crippen LogP contribution in [0.3, 0.4) is 0 Å². The number of carboxylic acids is 2. The van der Waals surface area contributed by atoms with Crippen molar-refractivity contribution in [2.45, 2.75) is 57.3 Å². The predicted molar refractivity (Wildman–Crippen MR) is 98.4 cm³/mol. The molecule has 1 heterocycles. The number of nitrogens with one attached hydrogen (secondary N) is 2. The van der Waals surface area contributed by atoms with E-state index in [-0.39, 0.29) is 13.0 Å². The van der Waals surface area contributed by atoms with Gasteiger partial charge >= 0.3 is 11.9 Å². The van der Waals surface area contributed by atoms with Crippen LogP contribution in [0.2, 0.25) is 0 Å². The smallest absolute Gasteiger partial charge is 0.326 e. The molecule has 12 heteroatoms. The molecule has 1 fully saturated rings. The van der Waals surface area contributed by atoms with Gasteiger partial charge < -0.3 is 36.6 Å². The van der Waals surface area contributed by atoms with Crippen molar-refractivity contribution in [3.63, 3.8) is 0 Å². The summed E-state index contributed by atoms with van der Waals surface area (Å²) >= 11 is 0. The molecule has 7 N–H and O–H groups in total. The van der Waals surface area contributed by atoms with Crippen LogP contribution < -0.4 is 16.4 Å². The number of nitrogens with two attached hydrogens (primary N) is 1. The molecular formula is C17H28N4O8. The summed E-state index contributed by atoms with van der Waals surface area (Å²) in [5.41, 5.74) is 5.52. The summed E-state index contributed by atoms with van der Waals surface area (Å²) in [4.78, 5) is 60.8. The lowest BCUT2D eigenvalue weighted by molar-refractivity contribution is -0.145. The Hall–Kier alpha value is -2.73. The van der Waals surface area contributed by atoms with E-state index >= 15 is 0 Å². The van der Waals surface area contributed by atoms with Crippen LogP contribution in [0, 0.1) is 5.92 Å². The first-order valence-electron chi connectivity index (χ1n) is 9.21. The number of amides is 3. The number of aliphatic carboxylic acids is 2. The predicted octanol–water partition coefficient (Wildman–Crippen LogP) is -2.52. The first-order chi connectivity index (χ1) is 13.5. The van der Waals surface area contributed by atoms with Crippen molar-refractivity contribution in [3.05, 3.63) is 0 Å². The van der Waals surface area contributed by atoms with Crippen LogP contribution in [0.4, 0.5) is 0 Å². The molecule has 1 aliphatic rings. The average Bonchev–Trinajstić information content (AvgIpc) is 3.12. The molecule has 164 valence electrons. The quantitative estimate of drug-likeness (QED) is 0.222. The second-order valence-electron chi connectivity index (χ2n) is 7.21. The van der Waals surface area contributed by atoms with E-state index in [1.165, 1.54) is 4.90 Å². The molecule has 0 aromatic carbocycles. The SMILES string of the molecule is CC(C)C(NC(=O)C(CC(=O)O)NC(=O)C1CCCN1C(=O)C(N)CO)C(=O)O. The van der Waals surface area contributed by atoms with Gasteiger partial charge in [0.1, 0.15) is 24.2 Å². The lowest BCUT2D eigenvalue weighted by Gasteiger charge is -2.28. The highest BCUT2D eigenvalue weighted by Gasteiger charge is 2.38. The third-order valence-corrected chi connectivity index (χ3v) is 4.59. The monoisotopic (exact) mass is 416 g/mol. The van der Waals surface area contributed by atoms with Gasteiger partial charge in [0.15, 0.2) is 0 Å². The minimum Gasteiger partial charge on any atom is -0.481 e. The third kappa shape index (κ3) is 6.68. The molecule has 4 unspecified atom stereocenters. The molecule has 3 amide bonds. The van der Waals surface area contributed by atoms with Gasteiger partial charge in [-0.3, -0.25) is 19.2 Å². The maximum atomic E-state index is 12.6. The fourth-order valence-corrected chi connectivity index (χ4v) is 3.01. The number of carbonyl (C=O) groups is 5. The Morgan fingerprint density at radius 1 is 1.14 bits per heavy atom. The van der Waals surface area contributed by atoms with Crippen LogP contribution in [0.25, 0.3) is 0 Å². The molecule has 0 aliphatic carbocycles. The Morgan fingerprint density at radius 2 is 1.76 bits per heavy atom. The summed E-state index contributed by atoms with van der Waals surface area (Å²) in [6.07, 6.45) is 0.00586. The average molecular weight is 416 g/mol. The Kier molecular flexibility index (Phi) is 8.98. The Bertz CT molecular complexity index is 653. The van der Waals surface area contributed by atoms with Crippen molar-refractivity contribution in [2.75, 3.05) is 13.2 Å². The zero-order chi connectivity index (χ0) is 22.3. The molecule has 1 rings (SSSR count). The molecular weight excluding hydrogens is 388 g/mol. The third-order valence-electron chi connectivity index (χ3n) is 4.59. The number of aliphatic hydroxyl groups is 1. The summed E-state index contributed by atoms with van der Waals surface area (Å²) < 4.78 is 0. The lowest BCUT2D eigenvalue weighted by Crippen LogP contribution is -2.57. The largest absolute Gasteiger partial charge is 0.481 e. The number of aliphatic hydroxyl groups excluding tert-OH is 1. The van der Waals surface area contributed by atoms with Gasteiger partial charge in [0.2, 0.25) is 17.7 Å². The number of nitrogens with zero attached hydrogens (tertiary/aromatic N) is 1. The van der Waals surface area contributed by atoms with Gasteiger partial charge in [-0.15, -0.1) is 0 Å². The van der Waals surface area contributed by atoms with Gasteiger partial charge in [-0.25, -0.2) is 4.79 Å². The molecule has 4 atom stereocenters. The topological polar surface area (TPSA) is 199 Å². The molecule has 1 saturated heterocycles. The summed E-state index contributed by atoms with van der Waals surface area (Å²) in [5.74, 6) is -5.47. The van der Waals surface area contributed by atoms with Crippen molar-refractivity contribution in [2.24, 2.45) is 11.7 Å². The fraction of sp³-hybridized carbons (Fsp3) is 0.706. The Morgan fingerprint density at radius 3 is 2.24 bits per heavy atom. The molecule has 0 radical (unpaired) electrons. The molecule has 12 nitrogen and oxygen atoms in total. The van der Waals surface area contributed by atoms with E-state index in [4.69, 9.17) is 15.9 Å². The van der Waals surface area contributed by atoms with Crippen molar-refractivity contribution in [1.29, 1.82) is 0 Å². The van der Waals surface area contributed by atoms with Gasteiger partial charge in [-0.05, 0) is 18.8 Å². The molecule has 0 aromatic rings. The number of hydrogen-bond donors (Lipinski definition) is 6. The standard InChI is InChI=1S/C17H28N4O8/c1-8(2)13(17(28)29)20-14(25)10(6-12(23)24)19-15(26)11-4-3-5-21(11)16(27)9(18)7-22/h8-11,13,22H,3-7,18H2,1-2H3,(H,19,26)(H,20,25)(H,23,24)(H,28,29). The van der Waals surface area contributed by atoms with E-state index in [0.717, 1.165) is 0 Å². The maximum Gasteiger partial charge on any atom is 0.326 e. The minimum absolute atomic E-state index is 0.231. The van der Waals surface area contributed by atoms with E-state index in [1.54, 1.807) is 13.8 Å². The minimum atomic E-state index is -1.52. The molecule has 0 bridgehead atoms. The summed E-state index contributed by atoms with van der Waals surface area (Å²) in [7, 11) is 0. The Balaban J connectivity index is 2.92. The van der Waals surface area contributed by atoms with Gasteiger partial charge in [0.05, 0.1) is 13.0 Å². The van der Waals surface area contributed by atoms with E-state index in [2.05, 4.69) is 10.6 Å². The maximum absolute atomic E-state index is 12.6. The molecule has 0 saturated carbocycles. The summed E-state index contributed by atoms with van der Waals surface area (Å²) in [6.45, 7) is 2.76. The normalized spacial score (nSPS) is 19.3. The second kappa shape index (κ2) is 10.7. The highest BCUT2D eigenvalue weighted by Crippen LogP contribution is 2.18. The molecule has 0 spiro atoms. The van der Waals surface area contributed by atoms with Crippen molar-refractivity contribution in [3.8, 4) is 0 Å². The van der Waals surface area contributed by atoms with E-state index < -0.39 is 72.8 Å². The van der Waals surface area contributed by atoms with E-state index in [9.17, 15) is 29.1 Å². The van der Waals surface area contributed by atoms with Crippen LogP contribution in [0.15, 0.2) is 0 Å². The van der Waals surface area contributed by atoms with Gasteiger partial charge in [-0.1, -0.05) is 13.8 Å². The molecule has 1 aliphatic heterocycles. The summed E-state index contributed by atoms with van der Waals surface area (Å²) in [5, 5.41) is 31.8. The van der Waals surface area contributed by atoms with Crippen molar-refractivity contribution < 1.29 is 39.3 Å². The molecule has 29 heavy (non-hydrogen) atoms. The van der Waals surface area contributed by atoms with E-state index in [1.807, 2.05) is 0 Å². The lowest BCUT2D eigenvalue weighted by atomic mass is 10.0. The van der Waals surface area contributed by atoms with Gasteiger partial charge in [-0.2, -0.15) is 0 Å². The number of carboxylic acid groups (broad SMARTS) is 2. The number of hydrogen-bond acceptors (Lipinski definition) is 7. The van der Waals surface area contributed by atoms with Gasteiger partial charge in [0.25, 0.3) is 0 Å². The Labute approximate surface area is 167 Å². The van der Waals surface area contributed by atoms with Crippen molar-refractivity contribution >= 4 is 29.7 Å². The number of rotatable bonds is 10. The number of carbonyl (C=O) groups excluding carboxylic acids is 3. The first kappa shape index (κ1) is 24.3. The molecule has 0 aromatic heterocycles. The van der Waals surface area contributed by atoms with Crippen LogP contribution >= 0.6 is 0 Å². The highest BCUT2D eigenvalue weighted by atomic mass is 16.4. The van der Waals surface area contributed by atoms with Gasteiger partial charge in [0, 0.05) is 6.54 Å². The van der Waals surface area contributed by atoms with E-state index in [0.29, 0.717) is 6.42 Å². The second-order valence-corrected chi connectivity index (χ2v) is 7.21.